The smallest absolute Gasteiger partial charge is 0.213 e. The highest BCUT2D eigenvalue weighted by Gasteiger charge is 2.17. The Morgan fingerprint density at radius 2 is 1.90 bits per heavy atom. The lowest BCUT2D eigenvalue weighted by atomic mass is 9.95. The first-order chi connectivity index (χ1) is 14.3. The van der Waals surface area contributed by atoms with Crippen molar-refractivity contribution in [2.24, 2.45) is 0 Å². The molecular formula is C23H25N5O. The molecular weight excluding hydrogens is 362 g/mol. The Balaban J connectivity index is 1.56. The number of pyridine rings is 1. The van der Waals surface area contributed by atoms with Crippen LogP contribution in [-0.2, 0) is 0 Å². The molecule has 0 radical (unpaired) electrons. The number of anilines is 1. The zero-order valence-corrected chi connectivity index (χ0v) is 16.6. The van der Waals surface area contributed by atoms with E-state index in [9.17, 15) is 0 Å². The number of benzene rings is 1. The fourth-order valence-electron chi connectivity index (χ4n) is 4.24. The molecule has 0 amide bonds. The highest BCUT2D eigenvalue weighted by atomic mass is 16.5. The Morgan fingerprint density at radius 1 is 1.03 bits per heavy atom. The van der Waals surface area contributed by atoms with Crippen molar-refractivity contribution in [2.75, 3.05) is 11.9 Å². The number of nitrogens with one attached hydrogen (secondary N) is 2. The number of nitrogens with zero attached hydrogens (tertiary/aromatic N) is 3. The van der Waals surface area contributed by atoms with Crippen LogP contribution in [0.3, 0.4) is 0 Å². The zero-order valence-electron chi connectivity index (χ0n) is 16.6. The third-order valence-corrected chi connectivity index (χ3v) is 5.70. The molecule has 1 aliphatic carbocycles. The van der Waals surface area contributed by atoms with Gasteiger partial charge in [-0.15, -0.1) is 0 Å². The summed E-state index contributed by atoms with van der Waals surface area (Å²) in [6.45, 7) is 2.58. The standard InChI is InChI=1S/C23H25N5O/c1-2-29-20-11-9-16(13-24-20)15-8-10-19-18(12-15)21-22(25-14-26-23(21)28-19)27-17-6-4-3-5-7-17/h8-14,17H,2-7H2,1H3,(H2,25,26,27,28). The van der Waals surface area contributed by atoms with E-state index in [1.807, 2.05) is 25.3 Å². The maximum absolute atomic E-state index is 5.46. The Morgan fingerprint density at radius 3 is 2.69 bits per heavy atom. The van der Waals surface area contributed by atoms with Crippen LogP contribution in [0.1, 0.15) is 39.0 Å². The van der Waals surface area contributed by atoms with Gasteiger partial charge >= 0.3 is 0 Å². The lowest BCUT2D eigenvalue weighted by Gasteiger charge is -2.23. The fraction of sp³-hybridized carbons (Fsp3) is 0.348. The molecule has 6 heteroatoms. The van der Waals surface area contributed by atoms with Crippen molar-refractivity contribution in [3.63, 3.8) is 0 Å². The minimum Gasteiger partial charge on any atom is -0.478 e. The third-order valence-electron chi connectivity index (χ3n) is 5.70. The zero-order chi connectivity index (χ0) is 19.6. The SMILES string of the molecule is CCOc1ccc(-c2ccc3[nH]c4ncnc(NC5CCCCC5)c4c3c2)cn1. The van der Waals surface area contributed by atoms with Gasteiger partial charge in [-0.25, -0.2) is 15.0 Å². The lowest BCUT2D eigenvalue weighted by molar-refractivity contribution is 0.327. The Hall–Kier alpha value is -3.15. The Kier molecular flexibility index (Phi) is 4.76. The van der Waals surface area contributed by atoms with Gasteiger partial charge in [0.1, 0.15) is 17.8 Å². The monoisotopic (exact) mass is 387 g/mol. The van der Waals surface area contributed by atoms with Crippen LogP contribution in [0.4, 0.5) is 5.82 Å². The first kappa shape index (κ1) is 17.9. The van der Waals surface area contributed by atoms with Crippen LogP contribution < -0.4 is 10.1 Å². The second-order valence-electron chi connectivity index (χ2n) is 7.63. The summed E-state index contributed by atoms with van der Waals surface area (Å²) in [6, 6.07) is 10.9. The van der Waals surface area contributed by atoms with E-state index in [-0.39, 0.29) is 0 Å². The molecule has 4 aromatic rings. The molecule has 1 fully saturated rings. The molecule has 3 aromatic heterocycles. The van der Waals surface area contributed by atoms with Gasteiger partial charge < -0.3 is 15.0 Å². The molecule has 1 aromatic carbocycles. The molecule has 0 spiro atoms. The Labute approximate surface area is 169 Å². The summed E-state index contributed by atoms with van der Waals surface area (Å²) in [6.07, 6.45) is 9.82. The molecule has 0 atom stereocenters. The molecule has 0 bridgehead atoms. The van der Waals surface area contributed by atoms with Crippen molar-refractivity contribution < 1.29 is 4.74 Å². The van der Waals surface area contributed by atoms with E-state index in [0.717, 1.165) is 38.9 Å². The number of H-pyrrole nitrogens is 1. The second kappa shape index (κ2) is 7.70. The van der Waals surface area contributed by atoms with Crippen LogP contribution in [0.15, 0.2) is 42.9 Å². The summed E-state index contributed by atoms with van der Waals surface area (Å²) in [5.41, 5.74) is 4.11. The first-order valence-corrected chi connectivity index (χ1v) is 10.4. The number of hydrogen-bond acceptors (Lipinski definition) is 5. The second-order valence-corrected chi connectivity index (χ2v) is 7.63. The maximum Gasteiger partial charge on any atom is 0.213 e. The van der Waals surface area contributed by atoms with Crippen molar-refractivity contribution in [1.29, 1.82) is 0 Å². The van der Waals surface area contributed by atoms with Gasteiger partial charge in [0.2, 0.25) is 5.88 Å². The van der Waals surface area contributed by atoms with Crippen molar-refractivity contribution in [2.45, 2.75) is 45.1 Å². The summed E-state index contributed by atoms with van der Waals surface area (Å²) in [5.74, 6) is 1.58. The number of rotatable bonds is 5. The molecule has 3 heterocycles. The topological polar surface area (TPSA) is 75.7 Å². The number of hydrogen-bond donors (Lipinski definition) is 2. The predicted octanol–water partition coefficient (Wildman–Crippen LogP) is 5.32. The van der Waals surface area contributed by atoms with Crippen LogP contribution >= 0.6 is 0 Å². The Bertz CT molecular complexity index is 1130. The van der Waals surface area contributed by atoms with E-state index in [2.05, 4.69) is 43.5 Å². The van der Waals surface area contributed by atoms with Crippen molar-refractivity contribution in [3.8, 4) is 17.0 Å². The average Bonchev–Trinajstić information content (AvgIpc) is 3.14. The van der Waals surface area contributed by atoms with E-state index in [4.69, 9.17) is 4.74 Å². The summed E-state index contributed by atoms with van der Waals surface area (Å²) < 4.78 is 5.46. The van der Waals surface area contributed by atoms with Gasteiger partial charge in [0, 0.05) is 34.8 Å². The predicted molar refractivity (Wildman–Crippen MR) is 116 cm³/mol. The van der Waals surface area contributed by atoms with Crippen LogP contribution in [0.5, 0.6) is 5.88 Å². The van der Waals surface area contributed by atoms with Crippen LogP contribution in [0, 0.1) is 0 Å². The van der Waals surface area contributed by atoms with E-state index in [1.54, 1.807) is 6.33 Å². The van der Waals surface area contributed by atoms with Gasteiger partial charge in [0.15, 0.2) is 0 Å². The molecule has 0 unspecified atom stereocenters. The largest absolute Gasteiger partial charge is 0.478 e. The lowest BCUT2D eigenvalue weighted by Crippen LogP contribution is -2.22. The van der Waals surface area contributed by atoms with Gasteiger partial charge in [-0.2, -0.15) is 0 Å². The van der Waals surface area contributed by atoms with Gasteiger partial charge in [-0.3, -0.25) is 0 Å². The van der Waals surface area contributed by atoms with Crippen molar-refractivity contribution in [3.05, 3.63) is 42.9 Å². The quantitative estimate of drug-likeness (QED) is 0.485. The first-order valence-electron chi connectivity index (χ1n) is 10.4. The summed E-state index contributed by atoms with van der Waals surface area (Å²) >= 11 is 0. The molecule has 1 saturated carbocycles. The minimum absolute atomic E-state index is 0.491. The van der Waals surface area contributed by atoms with Gasteiger partial charge in [0.05, 0.1) is 12.0 Å². The summed E-state index contributed by atoms with van der Waals surface area (Å²) in [4.78, 5) is 16.9. The molecule has 1 aliphatic rings. The van der Waals surface area contributed by atoms with Crippen LogP contribution in [0.2, 0.25) is 0 Å². The molecule has 6 nitrogen and oxygen atoms in total. The molecule has 5 rings (SSSR count). The molecule has 148 valence electrons. The average molecular weight is 387 g/mol. The van der Waals surface area contributed by atoms with E-state index >= 15 is 0 Å². The summed E-state index contributed by atoms with van der Waals surface area (Å²) in [7, 11) is 0. The van der Waals surface area contributed by atoms with E-state index in [0.29, 0.717) is 18.5 Å². The number of aromatic amines is 1. The number of ether oxygens (including phenoxy) is 1. The molecule has 0 saturated heterocycles. The normalized spacial score (nSPS) is 15.1. The van der Waals surface area contributed by atoms with Gasteiger partial charge in [0.25, 0.3) is 0 Å². The highest BCUT2D eigenvalue weighted by molar-refractivity contribution is 6.12. The summed E-state index contributed by atoms with van der Waals surface area (Å²) in [5, 5.41) is 5.88. The van der Waals surface area contributed by atoms with Crippen LogP contribution in [-0.4, -0.2) is 32.6 Å². The van der Waals surface area contributed by atoms with E-state index < -0.39 is 0 Å². The third kappa shape index (κ3) is 3.50. The van der Waals surface area contributed by atoms with Crippen LogP contribution in [0.25, 0.3) is 33.1 Å². The van der Waals surface area contributed by atoms with Gasteiger partial charge in [-0.05, 0) is 43.5 Å². The van der Waals surface area contributed by atoms with Crippen molar-refractivity contribution in [1.82, 2.24) is 19.9 Å². The molecule has 29 heavy (non-hydrogen) atoms. The number of aromatic nitrogens is 4. The molecule has 0 aliphatic heterocycles. The number of fused-ring (bicyclic) bond motifs is 3. The fourth-order valence-corrected chi connectivity index (χ4v) is 4.24. The van der Waals surface area contributed by atoms with E-state index in [1.165, 1.54) is 32.1 Å². The molecule has 2 N–H and O–H groups in total. The van der Waals surface area contributed by atoms with Gasteiger partial charge in [-0.1, -0.05) is 25.3 Å². The van der Waals surface area contributed by atoms with Crippen molar-refractivity contribution >= 4 is 27.8 Å². The maximum atomic E-state index is 5.46. The highest BCUT2D eigenvalue weighted by Crippen LogP contribution is 2.33. The minimum atomic E-state index is 0.491.